The molecule has 9 heteroatoms. The minimum atomic E-state index is -0.435. The second-order valence-electron chi connectivity index (χ2n) is 7.26. The molecular formula is C22H23N7O2. The number of aromatic nitrogens is 4. The summed E-state index contributed by atoms with van der Waals surface area (Å²) in [6.45, 7) is 3.07. The summed E-state index contributed by atoms with van der Waals surface area (Å²) in [5.74, 6) is 0.295. The Hall–Kier alpha value is -3.88. The monoisotopic (exact) mass is 417 g/mol. The number of fused-ring (bicyclic) bond motifs is 3. The number of benzene rings is 2. The van der Waals surface area contributed by atoms with E-state index in [2.05, 4.69) is 43.3 Å². The Bertz CT molecular complexity index is 1230. The van der Waals surface area contributed by atoms with Crippen LogP contribution in [0.2, 0.25) is 0 Å². The van der Waals surface area contributed by atoms with Crippen molar-refractivity contribution >= 4 is 39.9 Å². The van der Waals surface area contributed by atoms with E-state index in [4.69, 9.17) is 0 Å². The number of nitro benzene ring substituents is 1. The number of nitrogens with one attached hydrogen (secondary N) is 1. The van der Waals surface area contributed by atoms with Crippen molar-refractivity contribution in [3.63, 3.8) is 0 Å². The van der Waals surface area contributed by atoms with E-state index in [-0.39, 0.29) is 5.69 Å². The first-order valence-electron chi connectivity index (χ1n) is 10.3. The molecular weight excluding hydrogens is 394 g/mol. The second-order valence-corrected chi connectivity index (χ2v) is 7.26. The first-order valence-corrected chi connectivity index (χ1v) is 10.3. The zero-order valence-corrected chi connectivity index (χ0v) is 17.2. The average Bonchev–Trinajstić information content (AvgIpc) is 3.10. The van der Waals surface area contributed by atoms with Crippen LogP contribution in [0.1, 0.15) is 38.2 Å². The van der Waals surface area contributed by atoms with Gasteiger partial charge in [-0.05, 0) is 30.2 Å². The maximum atomic E-state index is 10.7. The lowest BCUT2D eigenvalue weighted by molar-refractivity contribution is -0.384. The fourth-order valence-corrected chi connectivity index (χ4v) is 3.52. The van der Waals surface area contributed by atoms with Gasteiger partial charge in [-0.1, -0.05) is 44.4 Å². The smallest absolute Gasteiger partial charge is 0.269 e. The molecule has 0 saturated heterocycles. The van der Waals surface area contributed by atoms with Crippen molar-refractivity contribution in [2.75, 3.05) is 5.43 Å². The van der Waals surface area contributed by atoms with Gasteiger partial charge >= 0.3 is 0 Å². The van der Waals surface area contributed by atoms with Gasteiger partial charge in [-0.3, -0.25) is 10.1 Å². The summed E-state index contributed by atoms with van der Waals surface area (Å²) < 4.78 is 2.19. The molecule has 0 aliphatic rings. The lowest BCUT2D eigenvalue weighted by Crippen LogP contribution is -2.03. The van der Waals surface area contributed by atoms with E-state index in [1.807, 2.05) is 18.2 Å². The number of rotatable bonds is 9. The first-order chi connectivity index (χ1) is 15.2. The molecule has 0 saturated carbocycles. The van der Waals surface area contributed by atoms with Gasteiger partial charge in [-0.25, -0.2) is 5.43 Å². The molecule has 0 amide bonds. The molecule has 0 unspecified atom stereocenters. The van der Waals surface area contributed by atoms with Gasteiger partial charge in [0, 0.05) is 24.1 Å². The van der Waals surface area contributed by atoms with Crippen molar-refractivity contribution in [3.05, 3.63) is 64.2 Å². The van der Waals surface area contributed by atoms with E-state index >= 15 is 0 Å². The molecule has 0 atom stereocenters. The van der Waals surface area contributed by atoms with Gasteiger partial charge in [-0.2, -0.15) is 10.1 Å². The Labute approximate surface area is 179 Å². The number of hydrogen-bond donors (Lipinski definition) is 1. The minimum absolute atomic E-state index is 0.0369. The number of nitro groups is 1. The summed E-state index contributed by atoms with van der Waals surface area (Å²) in [5, 5.41) is 24.5. The molecule has 0 aliphatic carbocycles. The highest BCUT2D eigenvalue weighted by Crippen LogP contribution is 2.27. The number of non-ortho nitro benzene ring substituents is 1. The molecule has 9 nitrogen and oxygen atoms in total. The molecule has 0 aliphatic heterocycles. The van der Waals surface area contributed by atoms with Crippen LogP contribution in [0.4, 0.5) is 11.6 Å². The van der Waals surface area contributed by atoms with Crippen LogP contribution in [0.15, 0.2) is 53.6 Å². The van der Waals surface area contributed by atoms with Crippen molar-refractivity contribution in [2.24, 2.45) is 5.10 Å². The summed E-state index contributed by atoms with van der Waals surface area (Å²) in [6.07, 6.45) is 6.21. The summed E-state index contributed by atoms with van der Waals surface area (Å²) in [7, 11) is 0. The highest BCUT2D eigenvalue weighted by Gasteiger charge is 2.14. The van der Waals surface area contributed by atoms with Crippen LogP contribution in [-0.2, 0) is 6.54 Å². The molecule has 2 aromatic heterocycles. The van der Waals surface area contributed by atoms with Crippen LogP contribution >= 0.6 is 0 Å². The van der Waals surface area contributed by atoms with Crippen molar-refractivity contribution in [1.29, 1.82) is 0 Å². The van der Waals surface area contributed by atoms with Crippen molar-refractivity contribution < 1.29 is 4.92 Å². The Balaban J connectivity index is 1.57. The normalized spacial score (nSPS) is 11.5. The lowest BCUT2D eigenvalue weighted by Gasteiger charge is -2.06. The Morgan fingerprint density at radius 2 is 1.90 bits per heavy atom. The van der Waals surface area contributed by atoms with Gasteiger partial charge in [0.15, 0.2) is 5.65 Å². The predicted octanol–water partition coefficient (Wildman–Crippen LogP) is 4.91. The fraction of sp³-hybridized carbons (Fsp3) is 0.273. The van der Waals surface area contributed by atoms with Crippen molar-refractivity contribution in [3.8, 4) is 0 Å². The molecule has 1 N–H and O–H groups in total. The lowest BCUT2D eigenvalue weighted by atomic mass is 10.2. The molecule has 4 rings (SSSR count). The predicted molar refractivity (Wildman–Crippen MR) is 121 cm³/mol. The van der Waals surface area contributed by atoms with E-state index in [1.165, 1.54) is 31.4 Å². The van der Waals surface area contributed by atoms with Gasteiger partial charge in [0.05, 0.1) is 16.7 Å². The largest absolute Gasteiger partial charge is 0.324 e. The SMILES string of the molecule is CCCCCCn1c2ccccc2c2nnc(N/N=C/c3ccc([N+](=O)[O-])cc3)nc21. The van der Waals surface area contributed by atoms with Crippen LogP contribution in [0.3, 0.4) is 0 Å². The third-order valence-electron chi connectivity index (χ3n) is 5.09. The number of hydrazone groups is 1. The number of hydrogen-bond acceptors (Lipinski definition) is 7. The van der Waals surface area contributed by atoms with E-state index < -0.39 is 4.92 Å². The van der Waals surface area contributed by atoms with Crippen LogP contribution in [-0.4, -0.2) is 30.9 Å². The van der Waals surface area contributed by atoms with Crippen LogP contribution in [0.5, 0.6) is 0 Å². The minimum Gasteiger partial charge on any atom is -0.324 e. The van der Waals surface area contributed by atoms with E-state index in [9.17, 15) is 10.1 Å². The van der Waals surface area contributed by atoms with Gasteiger partial charge in [0.2, 0.25) is 0 Å². The number of anilines is 1. The van der Waals surface area contributed by atoms with Gasteiger partial charge in [0.1, 0.15) is 5.52 Å². The molecule has 2 aromatic carbocycles. The zero-order chi connectivity index (χ0) is 21.6. The molecule has 2 heterocycles. The third kappa shape index (κ3) is 4.50. The summed E-state index contributed by atoms with van der Waals surface area (Å²) in [4.78, 5) is 15.0. The molecule has 0 fully saturated rings. The van der Waals surface area contributed by atoms with Crippen LogP contribution in [0.25, 0.3) is 22.1 Å². The maximum absolute atomic E-state index is 10.7. The number of aryl methyl sites for hydroxylation is 1. The summed E-state index contributed by atoms with van der Waals surface area (Å²) in [6, 6.07) is 14.2. The van der Waals surface area contributed by atoms with E-state index in [0.717, 1.165) is 40.6 Å². The van der Waals surface area contributed by atoms with Crippen LogP contribution in [0, 0.1) is 10.1 Å². The Morgan fingerprint density at radius 1 is 1.10 bits per heavy atom. The van der Waals surface area contributed by atoms with Gasteiger partial charge in [0.25, 0.3) is 11.6 Å². The zero-order valence-electron chi connectivity index (χ0n) is 17.2. The number of nitrogens with zero attached hydrogens (tertiary/aromatic N) is 6. The molecule has 4 aromatic rings. The Morgan fingerprint density at radius 3 is 2.68 bits per heavy atom. The molecule has 0 radical (unpaired) electrons. The molecule has 158 valence electrons. The Kier molecular flexibility index (Phi) is 6.11. The topological polar surface area (TPSA) is 111 Å². The quantitative estimate of drug-likeness (QED) is 0.179. The van der Waals surface area contributed by atoms with Gasteiger partial charge in [-0.15, -0.1) is 10.2 Å². The number of para-hydroxylation sites is 1. The summed E-state index contributed by atoms with van der Waals surface area (Å²) >= 11 is 0. The highest BCUT2D eigenvalue weighted by atomic mass is 16.6. The first kappa shape index (κ1) is 20.4. The number of unbranched alkanes of at least 4 members (excludes halogenated alkanes) is 3. The maximum Gasteiger partial charge on any atom is 0.269 e. The highest BCUT2D eigenvalue weighted by molar-refractivity contribution is 6.04. The fourth-order valence-electron chi connectivity index (χ4n) is 3.52. The van der Waals surface area contributed by atoms with E-state index in [0.29, 0.717) is 5.95 Å². The average molecular weight is 417 g/mol. The van der Waals surface area contributed by atoms with Gasteiger partial charge < -0.3 is 4.57 Å². The van der Waals surface area contributed by atoms with E-state index in [1.54, 1.807) is 18.3 Å². The standard InChI is InChI=1S/C22H23N7O2/c1-2-3-4-7-14-28-19-9-6-5-8-18(19)20-21(28)24-22(27-25-20)26-23-15-16-10-12-17(13-11-16)29(30)31/h5-6,8-13,15H,2-4,7,14H2,1H3,(H,24,26,27)/b23-15+. The summed E-state index contributed by atoms with van der Waals surface area (Å²) in [5.41, 5.74) is 6.22. The second kappa shape index (κ2) is 9.29. The van der Waals surface area contributed by atoms with Crippen LogP contribution < -0.4 is 5.43 Å². The third-order valence-corrected chi connectivity index (χ3v) is 5.09. The molecule has 0 bridgehead atoms. The van der Waals surface area contributed by atoms with Crippen molar-refractivity contribution in [1.82, 2.24) is 19.7 Å². The molecule has 31 heavy (non-hydrogen) atoms. The molecule has 0 spiro atoms. The van der Waals surface area contributed by atoms with Crippen molar-refractivity contribution in [2.45, 2.75) is 39.2 Å².